The number of unbranched alkanes of at least 4 members (excludes halogenated alkanes) is 3. The fourth-order valence-corrected chi connectivity index (χ4v) is 1.80. The molecule has 0 saturated carbocycles. The third-order valence-corrected chi connectivity index (χ3v) is 2.72. The van der Waals surface area contributed by atoms with Crippen LogP contribution in [0.1, 0.15) is 44.9 Å². The van der Waals surface area contributed by atoms with E-state index in [0.717, 1.165) is 25.9 Å². The summed E-state index contributed by atoms with van der Waals surface area (Å²) in [5.41, 5.74) is 5.51. The second-order valence-corrected chi connectivity index (χ2v) is 4.05. The van der Waals surface area contributed by atoms with Crippen LogP contribution in [0.3, 0.4) is 0 Å². The van der Waals surface area contributed by atoms with Crippen LogP contribution in [0.4, 0.5) is 0 Å². The fourth-order valence-electron chi connectivity index (χ4n) is 1.80. The molecule has 0 saturated heterocycles. The molecule has 86 valence electrons. The first-order valence-electron chi connectivity index (χ1n) is 6.14. The molecule has 1 aromatic rings. The number of aromatic amines is 1. The molecule has 0 bridgehead atoms. The highest BCUT2D eigenvalue weighted by molar-refractivity contribution is 4.77. The van der Waals surface area contributed by atoms with Gasteiger partial charge in [0.2, 0.25) is 0 Å². The van der Waals surface area contributed by atoms with Gasteiger partial charge in [0.15, 0.2) is 0 Å². The van der Waals surface area contributed by atoms with Crippen LogP contribution in [0.25, 0.3) is 0 Å². The predicted molar refractivity (Wildman–Crippen MR) is 62.5 cm³/mol. The number of nitrogens with one attached hydrogen (secondary N) is 1. The molecule has 3 N–H and O–H groups in total. The van der Waals surface area contributed by atoms with Crippen LogP contribution in [0.5, 0.6) is 0 Å². The quantitative estimate of drug-likeness (QED) is 0.498. The van der Waals surface area contributed by atoms with E-state index < -0.39 is 0 Å². The minimum Gasteiger partial charge on any atom is -0.330 e. The van der Waals surface area contributed by atoms with Crippen molar-refractivity contribution in [2.75, 3.05) is 6.54 Å². The molecule has 1 rings (SSSR count). The third-order valence-electron chi connectivity index (χ3n) is 2.72. The number of rotatable bonds is 8. The Labute approximate surface area is 92.7 Å². The number of nitrogens with two attached hydrogens (primary N) is 1. The first-order chi connectivity index (χ1) is 7.38. The van der Waals surface area contributed by atoms with Gasteiger partial charge in [-0.25, -0.2) is 9.55 Å². The van der Waals surface area contributed by atoms with Gasteiger partial charge in [-0.05, 0) is 25.8 Å². The molecule has 1 heterocycles. The van der Waals surface area contributed by atoms with Crippen LogP contribution in [-0.2, 0) is 13.0 Å². The summed E-state index contributed by atoms with van der Waals surface area (Å²) < 4.78 is 2.32. The molecule has 0 atom stereocenters. The maximum absolute atomic E-state index is 5.51. The molecule has 15 heavy (non-hydrogen) atoms. The number of aryl methyl sites for hydroxylation is 2. The van der Waals surface area contributed by atoms with Crippen molar-refractivity contribution in [1.82, 2.24) is 4.98 Å². The van der Waals surface area contributed by atoms with Gasteiger partial charge in [0, 0.05) is 0 Å². The highest BCUT2D eigenvalue weighted by atomic mass is 15.1. The van der Waals surface area contributed by atoms with E-state index in [-0.39, 0.29) is 0 Å². The van der Waals surface area contributed by atoms with Crippen molar-refractivity contribution >= 4 is 0 Å². The van der Waals surface area contributed by atoms with Crippen LogP contribution in [-0.4, -0.2) is 11.5 Å². The number of aromatic nitrogens is 2. The van der Waals surface area contributed by atoms with E-state index in [1.807, 2.05) is 6.20 Å². The maximum Gasteiger partial charge on any atom is 0.254 e. The lowest BCUT2D eigenvalue weighted by molar-refractivity contribution is -0.703. The summed E-state index contributed by atoms with van der Waals surface area (Å²) in [5, 5.41) is 0. The van der Waals surface area contributed by atoms with E-state index in [1.165, 1.54) is 31.5 Å². The van der Waals surface area contributed by atoms with Crippen LogP contribution in [0, 0.1) is 0 Å². The van der Waals surface area contributed by atoms with Gasteiger partial charge in [0.05, 0.1) is 13.0 Å². The lowest BCUT2D eigenvalue weighted by Crippen LogP contribution is -2.36. The van der Waals surface area contributed by atoms with Crippen molar-refractivity contribution in [3.8, 4) is 0 Å². The SMILES string of the molecule is CCCCCC[n+]1cc[nH]c1CCCN. The number of hydrogen-bond donors (Lipinski definition) is 2. The lowest BCUT2D eigenvalue weighted by Gasteiger charge is -2.00. The van der Waals surface area contributed by atoms with E-state index in [0.29, 0.717) is 0 Å². The van der Waals surface area contributed by atoms with E-state index in [2.05, 4.69) is 22.7 Å². The molecule has 0 unspecified atom stereocenters. The summed E-state index contributed by atoms with van der Waals surface area (Å²) in [4.78, 5) is 3.29. The van der Waals surface area contributed by atoms with Crippen molar-refractivity contribution in [2.45, 2.75) is 52.0 Å². The van der Waals surface area contributed by atoms with Gasteiger partial charge in [-0.2, -0.15) is 0 Å². The largest absolute Gasteiger partial charge is 0.330 e. The Bertz CT molecular complexity index is 255. The minimum atomic E-state index is 0.773. The Morgan fingerprint density at radius 3 is 2.87 bits per heavy atom. The minimum absolute atomic E-state index is 0.773. The number of nitrogens with zero attached hydrogens (tertiary/aromatic N) is 1. The molecule has 0 spiro atoms. The van der Waals surface area contributed by atoms with Crippen molar-refractivity contribution in [3.05, 3.63) is 18.2 Å². The number of hydrogen-bond acceptors (Lipinski definition) is 1. The molecular weight excluding hydrogens is 186 g/mol. The van der Waals surface area contributed by atoms with Gasteiger partial charge in [-0.3, -0.25) is 0 Å². The Hall–Kier alpha value is -0.830. The maximum atomic E-state index is 5.51. The average molecular weight is 210 g/mol. The van der Waals surface area contributed by atoms with Gasteiger partial charge in [-0.1, -0.05) is 19.8 Å². The zero-order valence-electron chi connectivity index (χ0n) is 9.84. The van der Waals surface area contributed by atoms with Crippen LogP contribution < -0.4 is 10.3 Å². The second kappa shape index (κ2) is 7.46. The second-order valence-electron chi connectivity index (χ2n) is 4.05. The molecule has 0 aliphatic rings. The molecule has 0 aliphatic heterocycles. The molecule has 0 radical (unpaired) electrons. The highest BCUT2D eigenvalue weighted by Crippen LogP contribution is 1.99. The van der Waals surface area contributed by atoms with Gasteiger partial charge in [-0.15, -0.1) is 0 Å². The zero-order chi connectivity index (χ0) is 10.9. The Morgan fingerprint density at radius 2 is 2.13 bits per heavy atom. The first-order valence-corrected chi connectivity index (χ1v) is 6.14. The van der Waals surface area contributed by atoms with Crippen molar-refractivity contribution in [1.29, 1.82) is 0 Å². The number of imidazole rings is 1. The Morgan fingerprint density at radius 1 is 1.27 bits per heavy atom. The summed E-state index contributed by atoms with van der Waals surface area (Å²) in [6, 6.07) is 0. The topological polar surface area (TPSA) is 45.7 Å². The molecule has 0 aromatic carbocycles. The van der Waals surface area contributed by atoms with Crippen LogP contribution >= 0.6 is 0 Å². The van der Waals surface area contributed by atoms with E-state index in [1.54, 1.807) is 0 Å². The fraction of sp³-hybridized carbons (Fsp3) is 0.750. The summed E-state index contributed by atoms with van der Waals surface area (Å²) in [7, 11) is 0. The van der Waals surface area contributed by atoms with Gasteiger partial charge in [0.25, 0.3) is 5.82 Å². The Kier molecular flexibility index (Phi) is 6.09. The number of H-pyrrole nitrogens is 1. The lowest BCUT2D eigenvalue weighted by atomic mass is 10.2. The highest BCUT2D eigenvalue weighted by Gasteiger charge is 2.08. The van der Waals surface area contributed by atoms with E-state index in [4.69, 9.17) is 5.73 Å². The molecule has 3 nitrogen and oxygen atoms in total. The Balaban J connectivity index is 2.29. The predicted octanol–water partition coefficient (Wildman–Crippen LogP) is 1.77. The molecule has 0 fully saturated rings. The van der Waals surface area contributed by atoms with Gasteiger partial charge >= 0.3 is 0 Å². The summed E-state index contributed by atoms with van der Waals surface area (Å²) in [6.45, 7) is 4.16. The van der Waals surface area contributed by atoms with E-state index in [9.17, 15) is 0 Å². The molecule has 1 aromatic heterocycles. The van der Waals surface area contributed by atoms with Gasteiger partial charge in [0.1, 0.15) is 12.4 Å². The normalized spacial score (nSPS) is 10.8. The molecule has 3 heteroatoms. The van der Waals surface area contributed by atoms with Gasteiger partial charge < -0.3 is 5.73 Å². The van der Waals surface area contributed by atoms with Crippen molar-refractivity contribution in [2.24, 2.45) is 5.73 Å². The van der Waals surface area contributed by atoms with Crippen LogP contribution in [0.2, 0.25) is 0 Å². The zero-order valence-corrected chi connectivity index (χ0v) is 9.84. The molecule has 0 amide bonds. The summed E-state index contributed by atoms with van der Waals surface area (Å²) in [5.74, 6) is 1.32. The summed E-state index contributed by atoms with van der Waals surface area (Å²) >= 11 is 0. The smallest absolute Gasteiger partial charge is 0.254 e. The average Bonchev–Trinajstić information content (AvgIpc) is 2.69. The van der Waals surface area contributed by atoms with Crippen molar-refractivity contribution in [3.63, 3.8) is 0 Å². The third kappa shape index (κ3) is 4.47. The monoisotopic (exact) mass is 210 g/mol. The summed E-state index contributed by atoms with van der Waals surface area (Å²) in [6.07, 6.45) is 11.6. The molecule has 0 aliphatic carbocycles. The molecular formula is C12H24N3+. The first kappa shape index (κ1) is 12.2. The standard InChI is InChI=1S/C12H23N3/c1-2-3-4-5-10-15-11-9-14-12(15)7-6-8-13/h9,11H,2-8,10,13H2,1H3/p+1. The van der Waals surface area contributed by atoms with E-state index >= 15 is 0 Å². The van der Waals surface area contributed by atoms with Crippen molar-refractivity contribution < 1.29 is 4.57 Å². The van der Waals surface area contributed by atoms with Crippen LogP contribution in [0.15, 0.2) is 12.4 Å².